The Morgan fingerprint density at radius 2 is 1.73 bits per heavy atom. The van der Waals surface area contributed by atoms with Gasteiger partial charge in [0.25, 0.3) is 0 Å². The number of esters is 1. The molecule has 1 heterocycles. The Labute approximate surface area is 128 Å². The topological polar surface area (TPSA) is 48.4 Å². The minimum absolute atomic E-state index is 0.312. The molecular weight excluding hydrogens is 278 g/mol. The highest BCUT2D eigenvalue weighted by atomic mass is 16.5. The minimum atomic E-state index is -0.471. The molecule has 0 N–H and O–H groups in total. The first-order chi connectivity index (χ1) is 10.8. The fraction of sp³-hybridized carbons (Fsp3) is 0.111. The highest BCUT2D eigenvalue weighted by Crippen LogP contribution is 2.21. The standard InChI is InChI=1S/C18H15NO3/c1-2-21-14-7-9-15(10-8-14)22-18(20)17-16-6-4-3-5-13(16)11-12-19-17/h3-12H,2H2,1H3. The molecule has 0 atom stereocenters. The average molecular weight is 293 g/mol. The summed E-state index contributed by atoms with van der Waals surface area (Å²) in [7, 11) is 0. The Bertz CT molecular complexity index is 792. The Morgan fingerprint density at radius 1 is 1.00 bits per heavy atom. The number of ether oxygens (including phenoxy) is 2. The molecule has 0 fully saturated rings. The zero-order chi connectivity index (χ0) is 15.4. The molecule has 0 bridgehead atoms. The van der Waals surface area contributed by atoms with E-state index >= 15 is 0 Å². The van der Waals surface area contributed by atoms with E-state index in [-0.39, 0.29) is 0 Å². The number of pyridine rings is 1. The molecule has 1 aromatic heterocycles. The van der Waals surface area contributed by atoms with Crippen molar-refractivity contribution in [2.75, 3.05) is 6.61 Å². The third-order valence-corrected chi connectivity index (χ3v) is 3.21. The largest absolute Gasteiger partial charge is 0.494 e. The van der Waals surface area contributed by atoms with Crippen LogP contribution in [0.4, 0.5) is 0 Å². The lowest BCUT2D eigenvalue weighted by Crippen LogP contribution is -2.11. The molecule has 22 heavy (non-hydrogen) atoms. The maximum Gasteiger partial charge on any atom is 0.362 e. The minimum Gasteiger partial charge on any atom is -0.494 e. The van der Waals surface area contributed by atoms with Crippen LogP contribution in [0.3, 0.4) is 0 Å². The highest BCUT2D eigenvalue weighted by Gasteiger charge is 2.13. The Kier molecular flexibility index (Phi) is 4.01. The van der Waals surface area contributed by atoms with Crippen molar-refractivity contribution in [3.63, 3.8) is 0 Å². The molecule has 2 aromatic carbocycles. The second-order valence-electron chi connectivity index (χ2n) is 4.67. The lowest BCUT2D eigenvalue weighted by atomic mass is 10.1. The van der Waals surface area contributed by atoms with Gasteiger partial charge in [-0.2, -0.15) is 0 Å². The number of carbonyl (C=O) groups is 1. The molecule has 0 spiro atoms. The molecular formula is C18H15NO3. The summed E-state index contributed by atoms with van der Waals surface area (Å²) < 4.78 is 10.7. The fourth-order valence-corrected chi connectivity index (χ4v) is 2.21. The number of fused-ring (bicyclic) bond motifs is 1. The van der Waals surface area contributed by atoms with E-state index in [1.165, 1.54) is 0 Å². The van der Waals surface area contributed by atoms with Gasteiger partial charge >= 0.3 is 5.97 Å². The van der Waals surface area contributed by atoms with Crippen molar-refractivity contribution in [2.24, 2.45) is 0 Å². The predicted octanol–water partition coefficient (Wildman–Crippen LogP) is 3.85. The maximum absolute atomic E-state index is 12.3. The first-order valence-corrected chi connectivity index (χ1v) is 7.06. The van der Waals surface area contributed by atoms with Crippen molar-refractivity contribution in [2.45, 2.75) is 6.92 Å². The molecule has 3 aromatic rings. The highest BCUT2D eigenvalue weighted by molar-refractivity contribution is 6.03. The molecule has 0 aliphatic rings. The maximum atomic E-state index is 12.3. The number of carbonyl (C=O) groups excluding carboxylic acids is 1. The van der Waals surface area contributed by atoms with E-state index in [1.807, 2.05) is 37.3 Å². The van der Waals surface area contributed by atoms with Crippen LogP contribution >= 0.6 is 0 Å². The van der Waals surface area contributed by atoms with Crippen LogP contribution in [-0.4, -0.2) is 17.6 Å². The molecule has 0 saturated heterocycles. The molecule has 0 aliphatic carbocycles. The molecule has 0 aliphatic heterocycles. The van der Waals surface area contributed by atoms with Gasteiger partial charge in [0.05, 0.1) is 6.61 Å². The molecule has 0 radical (unpaired) electrons. The van der Waals surface area contributed by atoms with E-state index in [4.69, 9.17) is 9.47 Å². The summed E-state index contributed by atoms with van der Waals surface area (Å²) >= 11 is 0. The molecule has 110 valence electrons. The van der Waals surface area contributed by atoms with Crippen molar-refractivity contribution in [1.29, 1.82) is 0 Å². The van der Waals surface area contributed by atoms with Crippen LogP contribution < -0.4 is 9.47 Å². The van der Waals surface area contributed by atoms with Crippen molar-refractivity contribution >= 4 is 16.7 Å². The van der Waals surface area contributed by atoms with Crippen LogP contribution in [-0.2, 0) is 0 Å². The second kappa shape index (κ2) is 6.26. The van der Waals surface area contributed by atoms with E-state index in [0.717, 1.165) is 16.5 Å². The monoisotopic (exact) mass is 293 g/mol. The first kappa shape index (κ1) is 14.1. The SMILES string of the molecule is CCOc1ccc(OC(=O)c2nccc3ccccc23)cc1. The van der Waals surface area contributed by atoms with Gasteiger partial charge in [-0.1, -0.05) is 24.3 Å². The van der Waals surface area contributed by atoms with Crippen molar-refractivity contribution in [3.05, 3.63) is 66.5 Å². The van der Waals surface area contributed by atoms with Gasteiger partial charge in [-0.25, -0.2) is 9.78 Å². The number of hydrogen-bond donors (Lipinski definition) is 0. The van der Waals surface area contributed by atoms with E-state index in [0.29, 0.717) is 18.1 Å². The van der Waals surface area contributed by atoms with Crippen molar-refractivity contribution in [3.8, 4) is 11.5 Å². The van der Waals surface area contributed by atoms with Gasteiger partial charge < -0.3 is 9.47 Å². The summed E-state index contributed by atoms with van der Waals surface area (Å²) in [5.74, 6) is 0.731. The quantitative estimate of drug-likeness (QED) is 0.541. The van der Waals surface area contributed by atoms with Gasteiger partial charge in [0, 0.05) is 11.6 Å². The van der Waals surface area contributed by atoms with Crippen molar-refractivity contribution in [1.82, 2.24) is 4.98 Å². The summed E-state index contributed by atoms with van der Waals surface area (Å²) in [6.45, 7) is 2.51. The summed E-state index contributed by atoms with van der Waals surface area (Å²) in [6.07, 6.45) is 1.61. The average Bonchev–Trinajstić information content (AvgIpc) is 2.56. The van der Waals surface area contributed by atoms with Gasteiger partial charge in [-0.15, -0.1) is 0 Å². The van der Waals surface area contributed by atoms with E-state index in [1.54, 1.807) is 30.5 Å². The summed E-state index contributed by atoms with van der Waals surface area (Å²) in [4.78, 5) is 16.5. The van der Waals surface area contributed by atoms with Gasteiger partial charge in [-0.3, -0.25) is 0 Å². The number of nitrogens with zero attached hydrogens (tertiary/aromatic N) is 1. The molecule has 4 heteroatoms. The van der Waals surface area contributed by atoms with Gasteiger partial charge in [0.1, 0.15) is 11.5 Å². The van der Waals surface area contributed by atoms with Gasteiger partial charge in [-0.05, 0) is 42.6 Å². The van der Waals surface area contributed by atoms with Crippen molar-refractivity contribution < 1.29 is 14.3 Å². The van der Waals surface area contributed by atoms with Crippen LogP contribution in [0.5, 0.6) is 11.5 Å². The lowest BCUT2D eigenvalue weighted by Gasteiger charge is -2.07. The van der Waals surface area contributed by atoms with Crippen LogP contribution in [0.1, 0.15) is 17.4 Å². The molecule has 0 amide bonds. The second-order valence-corrected chi connectivity index (χ2v) is 4.67. The van der Waals surface area contributed by atoms with Crippen LogP contribution in [0.25, 0.3) is 10.8 Å². The number of hydrogen-bond acceptors (Lipinski definition) is 4. The fourth-order valence-electron chi connectivity index (χ4n) is 2.21. The zero-order valence-corrected chi connectivity index (χ0v) is 12.2. The van der Waals surface area contributed by atoms with Crippen LogP contribution in [0.15, 0.2) is 60.8 Å². The Hall–Kier alpha value is -2.88. The molecule has 0 unspecified atom stereocenters. The number of benzene rings is 2. The van der Waals surface area contributed by atoms with Crippen LogP contribution in [0, 0.1) is 0 Å². The van der Waals surface area contributed by atoms with Gasteiger partial charge in [0.2, 0.25) is 0 Å². The Morgan fingerprint density at radius 3 is 2.50 bits per heavy atom. The van der Waals surface area contributed by atoms with Crippen LogP contribution in [0.2, 0.25) is 0 Å². The molecule has 3 rings (SSSR count). The normalized spacial score (nSPS) is 10.4. The van der Waals surface area contributed by atoms with E-state index < -0.39 is 5.97 Å². The van der Waals surface area contributed by atoms with Gasteiger partial charge in [0.15, 0.2) is 5.69 Å². The van der Waals surface area contributed by atoms with E-state index in [9.17, 15) is 4.79 Å². The number of rotatable bonds is 4. The third kappa shape index (κ3) is 2.91. The lowest BCUT2D eigenvalue weighted by molar-refractivity contribution is 0.0730. The predicted molar refractivity (Wildman–Crippen MR) is 84.3 cm³/mol. The van der Waals surface area contributed by atoms with E-state index in [2.05, 4.69) is 4.98 Å². The third-order valence-electron chi connectivity index (χ3n) is 3.21. The first-order valence-electron chi connectivity index (χ1n) is 7.06. The Balaban J connectivity index is 1.84. The molecule has 0 saturated carbocycles. The summed E-state index contributed by atoms with van der Waals surface area (Å²) in [5.41, 5.74) is 0.312. The number of aromatic nitrogens is 1. The smallest absolute Gasteiger partial charge is 0.362 e. The summed E-state index contributed by atoms with van der Waals surface area (Å²) in [5, 5.41) is 1.73. The summed E-state index contributed by atoms with van der Waals surface area (Å²) in [6, 6.07) is 16.4. The zero-order valence-electron chi connectivity index (χ0n) is 12.2. The molecule has 4 nitrogen and oxygen atoms in total.